The largest absolute Gasteiger partial charge is 0.493 e. The van der Waals surface area contributed by atoms with Crippen LogP contribution in [0.2, 0.25) is 0 Å². The molecule has 4 heteroatoms. The molecule has 4 nitrogen and oxygen atoms in total. The maximum Gasteiger partial charge on any atom is 0.161 e. The van der Waals surface area contributed by atoms with Gasteiger partial charge in [-0.15, -0.1) is 0 Å². The molecule has 0 atom stereocenters. The zero-order chi connectivity index (χ0) is 20.6. The summed E-state index contributed by atoms with van der Waals surface area (Å²) in [6.07, 6.45) is 0. The van der Waals surface area contributed by atoms with Crippen LogP contribution in [-0.4, -0.2) is 43.1 Å². The molecule has 4 rings (SSSR count). The van der Waals surface area contributed by atoms with E-state index in [-0.39, 0.29) is 0 Å². The summed E-state index contributed by atoms with van der Waals surface area (Å²) in [7, 11) is 1.71. The van der Waals surface area contributed by atoms with Gasteiger partial charge in [0.05, 0.1) is 7.11 Å². The van der Waals surface area contributed by atoms with Crippen LogP contribution < -0.4 is 9.47 Å². The summed E-state index contributed by atoms with van der Waals surface area (Å²) in [5, 5.41) is 0. The van der Waals surface area contributed by atoms with Gasteiger partial charge in [0, 0.05) is 39.3 Å². The highest BCUT2D eigenvalue weighted by Gasteiger charge is 2.17. The lowest BCUT2D eigenvalue weighted by molar-refractivity contribution is 0.122. The molecule has 0 N–H and O–H groups in total. The van der Waals surface area contributed by atoms with Crippen LogP contribution in [0.25, 0.3) is 0 Å². The van der Waals surface area contributed by atoms with Crippen molar-refractivity contribution in [1.29, 1.82) is 0 Å². The van der Waals surface area contributed by atoms with Crippen molar-refractivity contribution >= 4 is 0 Å². The molecule has 0 aliphatic carbocycles. The van der Waals surface area contributed by atoms with Crippen LogP contribution in [0.15, 0.2) is 78.9 Å². The molecule has 0 radical (unpaired) electrons. The Bertz CT molecular complexity index is 907. The number of methoxy groups -OCH3 is 1. The van der Waals surface area contributed by atoms with E-state index in [0.717, 1.165) is 56.3 Å². The van der Waals surface area contributed by atoms with Gasteiger partial charge >= 0.3 is 0 Å². The van der Waals surface area contributed by atoms with Gasteiger partial charge in [-0.2, -0.15) is 0 Å². The molecule has 1 heterocycles. The van der Waals surface area contributed by atoms with Crippen molar-refractivity contribution in [2.75, 3.05) is 33.3 Å². The van der Waals surface area contributed by atoms with E-state index in [1.807, 2.05) is 24.3 Å². The van der Waals surface area contributed by atoms with Gasteiger partial charge in [0.15, 0.2) is 11.5 Å². The van der Waals surface area contributed by atoms with Gasteiger partial charge in [-0.25, -0.2) is 0 Å². The second-order valence-corrected chi connectivity index (χ2v) is 7.80. The van der Waals surface area contributed by atoms with E-state index in [2.05, 4.69) is 64.4 Å². The third-order valence-corrected chi connectivity index (χ3v) is 5.59. The molecule has 0 bridgehead atoms. The smallest absolute Gasteiger partial charge is 0.161 e. The van der Waals surface area contributed by atoms with Crippen LogP contribution in [0.3, 0.4) is 0 Å². The summed E-state index contributed by atoms with van der Waals surface area (Å²) in [6.45, 7) is 6.89. The van der Waals surface area contributed by atoms with Gasteiger partial charge < -0.3 is 9.47 Å². The molecule has 1 aliphatic rings. The van der Waals surface area contributed by atoms with E-state index in [1.165, 1.54) is 11.1 Å². The SMILES string of the molecule is COc1cc(CN2CCN(Cc3ccccc3)CC2)ccc1OCc1ccccc1. The maximum atomic E-state index is 5.98. The van der Waals surface area contributed by atoms with Crippen molar-refractivity contribution in [2.45, 2.75) is 19.7 Å². The van der Waals surface area contributed by atoms with Crippen molar-refractivity contribution in [2.24, 2.45) is 0 Å². The van der Waals surface area contributed by atoms with Crippen molar-refractivity contribution in [3.63, 3.8) is 0 Å². The summed E-state index contributed by atoms with van der Waals surface area (Å²) < 4.78 is 11.6. The second-order valence-electron chi connectivity index (χ2n) is 7.80. The van der Waals surface area contributed by atoms with Crippen LogP contribution in [-0.2, 0) is 19.7 Å². The first-order valence-corrected chi connectivity index (χ1v) is 10.6. The number of hydrogen-bond acceptors (Lipinski definition) is 4. The quantitative estimate of drug-likeness (QED) is 0.550. The number of benzene rings is 3. The summed E-state index contributed by atoms with van der Waals surface area (Å²) >= 11 is 0. The monoisotopic (exact) mass is 402 g/mol. The minimum absolute atomic E-state index is 0.542. The molecule has 30 heavy (non-hydrogen) atoms. The first-order chi connectivity index (χ1) is 14.8. The molecule has 1 saturated heterocycles. The molecular formula is C26H30N2O2. The molecule has 156 valence electrons. The predicted molar refractivity (Wildman–Crippen MR) is 121 cm³/mol. The summed E-state index contributed by atoms with van der Waals surface area (Å²) in [4.78, 5) is 5.05. The topological polar surface area (TPSA) is 24.9 Å². The van der Waals surface area contributed by atoms with Gasteiger partial charge in [0.25, 0.3) is 0 Å². The highest BCUT2D eigenvalue weighted by atomic mass is 16.5. The average Bonchev–Trinajstić information content (AvgIpc) is 2.81. The van der Waals surface area contributed by atoms with E-state index in [0.29, 0.717) is 6.61 Å². The summed E-state index contributed by atoms with van der Waals surface area (Å²) in [6, 6.07) is 27.2. The van der Waals surface area contributed by atoms with Crippen LogP contribution >= 0.6 is 0 Å². The lowest BCUT2D eigenvalue weighted by Crippen LogP contribution is -2.45. The maximum absolute atomic E-state index is 5.98. The third kappa shape index (κ3) is 5.62. The van der Waals surface area contributed by atoms with Crippen LogP contribution in [0.4, 0.5) is 0 Å². The Balaban J connectivity index is 1.29. The highest BCUT2D eigenvalue weighted by Crippen LogP contribution is 2.29. The van der Waals surface area contributed by atoms with Crippen molar-refractivity contribution in [3.8, 4) is 11.5 Å². The van der Waals surface area contributed by atoms with Crippen molar-refractivity contribution in [1.82, 2.24) is 9.80 Å². The minimum Gasteiger partial charge on any atom is -0.493 e. The fourth-order valence-electron chi connectivity index (χ4n) is 3.87. The fraction of sp³-hybridized carbons (Fsp3) is 0.308. The second kappa shape index (κ2) is 10.3. The first-order valence-electron chi connectivity index (χ1n) is 10.6. The molecule has 0 saturated carbocycles. The standard InChI is InChI=1S/C26H30N2O2/c1-29-26-18-24(12-13-25(26)30-21-23-10-6-3-7-11-23)20-28-16-14-27(15-17-28)19-22-8-4-2-5-9-22/h2-13,18H,14-17,19-21H2,1H3. The number of nitrogens with zero attached hydrogens (tertiary/aromatic N) is 2. The van der Waals surface area contributed by atoms with Gasteiger partial charge in [-0.05, 0) is 28.8 Å². The van der Waals surface area contributed by atoms with Crippen molar-refractivity contribution in [3.05, 3.63) is 95.6 Å². The molecule has 0 spiro atoms. The predicted octanol–water partition coefficient (Wildman–Crippen LogP) is 4.59. The molecule has 0 unspecified atom stereocenters. The molecule has 0 aromatic heterocycles. The Labute approximate surface area is 179 Å². The van der Waals surface area contributed by atoms with E-state index in [1.54, 1.807) is 7.11 Å². The average molecular weight is 403 g/mol. The minimum atomic E-state index is 0.542. The summed E-state index contributed by atoms with van der Waals surface area (Å²) in [5.74, 6) is 1.59. The highest BCUT2D eigenvalue weighted by molar-refractivity contribution is 5.43. The molecular weight excluding hydrogens is 372 g/mol. The molecule has 1 aliphatic heterocycles. The van der Waals surface area contributed by atoms with Gasteiger partial charge in [0.2, 0.25) is 0 Å². The Morgan fingerprint density at radius 3 is 1.80 bits per heavy atom. The zero-order valence-corrected chi connectivity index (χ0v) is 17.7. The number of hydrogen-bond donors (Lipinski definition) is 0. The van der Waals surface area contributed by atoms with Crippen LogP contribution in [0.5, 0.6) is 11.5 Å². The fourth-order valence-corrected chi connectivity index (χ4v) is 3.87. The van der Waals surface area contributed by atoms with E-state index >= 15 is 0 Å². The Hall–Kier alpha value is -2.82. The summed E-state index contributed by atoms with van der Waals surface area (Å²) in [5.41, 5.74) is 3.80. The van der Waals surface area contributed by atoms with E-state index < -0.39 is 0 Å². The van der Waals surface area contributed by atoms with Gasteiger partial charge in [0.1, 0.15) is 6.61 Å². The number of piperazine rings is 1. The Morgan fingerprint density at radius 2 is 1.20 bits per heavy atom. The number of rotatable bonds is 8. The lowest BCUT2D eigenvalue weighted by atomic mass is 10.1. The van der Waals surface area contributed by atoms with E-state index in [4.69, 9.17) is 9.47 Å². The van der Waals surface area contributed by atoms with Gasteiger partial charge in [-0.1, -0.05) is 66.7 Å². The zero-order valence-electron chi connectivity index (χ0n) is 17.7. The lowest BCUT2D eigenvalue weighted by Gasteiger charge is -2.34. The molecule has 3 aromatic rings. The molecule has 1 fully saturated rings. The molecule has 3 aromatic carbocycles. The van der Waals surface area contributed by atoms with Gasteiger partial charge in [-0.3, -0.25) is 9.80 Å². The number of ether oxygens (including phenoxy) is 2. The van der Waals surface area contributed by atoms with E-state index in [9.17, 15) is 0 Å². The van der Waals surface area contributed by atoms with Crippen LogP contribution in [0, 0.1) is 0 Å². The normalized spacial score (nSPS) is 15.1. The Kier molecular flexibility index (Phi) is 7.01. The van der Waals surface area contributed by atoms with Crippen LogP contribution in [0.1, 0.15) is 16.7 Å². The molecule has 0 amide bonds. The Morgan fingerprint density at radius 1 is 0.633 bits per heavy atom. The third-order valence-electron chi connectivity index (χ3n) is 5.59. The first kappa shape index (κ1) is 20.5. The van der Waals surface area contributed by atoms with Crippen molar-refractivity contribution < 1.29 is 9.47 Å².